The van der Waals surface area contributed by atoms with E-state index in [0.29, 0.717) is 16.3 Å². The minimum Gasteiger partial charge on any atom is -0.358 e. The lowest BCUT2D eigenvalue weighted by Crippen LogP contribution is -2.13. The standard InChI is InChI=1S/C22H21ClN4O/c1-12-13(2)25-21-19(12)6-5-7-20(21)22(28)26-17-8-16(23)9-18(10-17)27-11-24-14(3)15(27)4/h5-11,25H,1-4H3,(H,26,28). The highest BCUT2D eigenvalue weighted by Crippen LogP contribution is 2.27. The number of hydrogen-bond donors (Lipinski definition) is 2. The van der Waals surface area contributed by atoms with Crippen LogP contribution in [0, 0.1) is 27.7 Å². The van der Waals surface area contributed by atoms with E-state index < -0.39 is 0 Å². The zero-order chi connectivity index (χ0) is 20.0. The Morgan fingerprint density at radius 2 is 1.93 bits per heavy atom. The van der Waals surface area contributed by atoms with Gasteiger partial charge in [0.15, 0.2) is 0 Å². The lowest BCUT2D eigenvalue weighted by atomic mass is 10.1. The number of aromatic nitrogens is 3. The molecule has 0 saturated heterocycles. The van der Waals surface area contributed by atoms with Crippen LogP contribution in [0.2, 0.25) is 5.02 Å². The number of aryl methyl sites for hydroxylation is 3. The predicted octanol–water partition coefficient (Wildman–Crippen LogP) is 5.49. The van der Waals surface area contributed by atoms with E-state index in [-0.39, 0.29) is 5.91 Å². The molecule has 28 heavy (non-hydrogen) atoms. The molecular weight excluding hydrogens is 372 g/mol. The van der Waals surface area contributed by atoms with E-state index in [1.807, 2.05) is 55.7 Å². The molecule has 5 nitrogen and oxygen atoms in total. The van der Waals surface area contributed by atoms with Gasteiger partial charge in [-0.25, -0.2) is 4.98 Å². The van der Waals surface area contributed by atoms with Crippen molar-refractivity contribution in [2.75, 3.05) is 5.32 Å². The van der Waals surface area contributed by atoms with Crippen LogP contribution in [-0.4, -0.2) is 20.4 Å². The Hall–Kier alpha value is -3.05. The van der Waals surface area contributed by atoms with Gasteiger partial charge in [0.05, 0.1) is 28.8 Å². The molecule has 4 aromatic rings. The van der Waals surface area contributed by atoms with Gasteiger partial charge < -0.3 is 14.9 Å². The maximum Gasteiger partial charge on any atom is 0.257 e. The summed E-state index contributed by atoms with van der Waals surface area (Å²) in [7, 11) is 0. The van der Waals surface area contributed by atoms with Gasteiger partial charge in [-0.05, 0) is 57.5 Å². The molecule has 0 spiro atoms. The van der Waals surface area contributed by atoms with Crippen molar-refractivity contribution in [2.24, 2.45) is 0 Å². The number of nitrogens with one attached hydrogen (secondary N) is 2. The topological polar surface area (TPSA) is 62.7 Å². The molecule has 0 bridgehead atoms. The number of benzene rings is 2. The van der Waals surface area contributed by atoms with E-state index in [1.165, 1.54) is 0 Å². The normalized spacial score (nSPS) is 11.2. The first-order valence-electron chi connectivity index (χ1n) is 9.06. The van der Waals surface area contributed by atoms with Crippen molar-refractivity contribution in [1.82, 2.24) is 14.5 Å². The fourth-order valence-corrected chi connectivity index (χ4v) is 3.64. The Labute approximate surface area is 168 Å². The number of carbonyl (C=O) groups is 1. The summed E-state index contributed by atoms with van der Waals surface area (Å²) in [6.45, 7) is 8.02. The molecule has 0 aliphatic rings. The highest BCUT2D eigenvalue weighted by molar-refractivity contribution is 6.31. The third-order valence-corrected chi connectivity index (χ3v) is 5.48. The molecule has 0 saturated carbocycles. The van der Waals surface area contributed by atoms with Crippen LogP contribution in [0.3, 0.4) is 0 Å². The van der Waals surface area contributed by atoms with Crippen molar-refractivity contribution in [1.29, 1.82) is 0 Å². The van der Waals surface area contributed by atoms with Crippen LogP contribution in [0.1, 0.15) is 33.0 Å². The number of hydrogen-bond acceptors (Lipinski definition) is 2. The van der Waals surface area contributed by atoms with Gasteiger partial charge in [-0.3, -0.25) is 4.79 Å². The maximum absolute atomic E-state index is 13.0. The SMILES string of the molecule is Cc1ncn(-c2cc(Cl)cc(NC(=O)c3cccc4c(C)c(C)[nH]c34)c2)c1C. The molecule has 0 unspecified atom stereocenters. The first-order valence-corrected chi connectivity index (χ1v) is 9.43. The number of fused-ring (bicyclic) bond motifs is 1. The number of halogens is 1. The van der Waals surface area contributed by atoms with Gasteiger partial charge in [0.2, 0.25) is 0 Å². The highest BCUT2D eigenvalue weighted by atomic mass is 35.5. The number of carbonyl (C=O) groups excluding carboxylic acids is 1. The number of nitrogens with zero attached hydrogens (tertiary/aromatic N) is 2. The maximum atomic E-state index is 13.0. The summed E-state index contributed by atoms with van der Waals surface area (Å²) in [6, 6.07) is 11.2. The highest BCUT2D eigenvalue weighted by Gasteiger charge is 2.15. The van der Waals surface area contributed by atoms with Gasteiger partial charge >= 0.3 is 0 Å². The zero-order valence-corrected chi connectivity index (χ0v) is 17.0. The number of para-hydroxylation sites is 1. The minimum absolute atomic E-state index is 0.182. The van der Waals surface area contributed by atoms with E-state index in [0.717, 1.165) is 39.2 Å². The lowest BCUT2D eigenvalue weighted by molar-refractivity contribution is 0.102. The summed E-state index contributed by atoms with van der Waals surface area (Å²) in [6.07, 6.45) is 1.76. The van der Waals surface area contributed by atoms with Crippen molar-refractivity contribution in [3.8, 4) is 5.69 Å². The molecule has 1 amide bonds. The second kappa shape index (κ2) is 6.84. The van der Waals surface area contributed by atoms with Gasteiger partial charge in [0.25, 0.3) is 5.91 Å². The largest absolute Gasteiger partial charge is 0.358 e. The number of anilines is 1. The van der Waals surface area contributed by atoms with Crippen LogP contribution < -0.4 is 5.32 Å². The Morgan fingerprint density at radius 1 is 1.14 bits per heavy atom. The first-order chi connectivity index (χ1) is 13.3. The monoisotopic (exact) mass is 392 g/mol. The average Bonchev–Trinajstić information content (AvgIpc) is 3.14. The molecule has 0 fully saturated rings. The second-order valence-corrected chi connectivity index (χ2v) is 7.48. The van der Waals surface area contributed by atoms with Gasteiger partial charge in [-0.1, -0.05) is 23.7 Å². The molecule has 0 aliphatic heterocycles. The summed E-state index contributed by atoms with van der Waals surface area (Å²) >= 11 is 6.32. The smallest absolute Gasteiger partial charge is 0.257 e. The molecule has 0 atom stereocenters. The molecule has 6 heteroatoms. The first kappa shape index (κ1) is 18.3. The summed E-state index contributed by atoms with van der Waals surface area (Å²) in [5, 5.41) is 4.58. The fraction of sp³-hybridized carbons (Fsp3) is 0.182. The van der Waals surface area contributed by atoms with E-state index in [4.69, 9.17) is 11.6 Å². The second-order valence-electron chi connectivity index (χ2n) is 7.04. The average molecular weight is 393 g/mol. The minimum atomic E-state index is -0.182. The molecule has 2 heterocycles. The van der Waals surface area contributed by atoms with Crippen LogP contribution in [-0.2, 0) is 0 Å². The number of imidazole rings is 1. The van der Waals surface area contributed by atoms with Crippen LogP contribution in [0.5, 0.6) is 0 Å². The van der Waals surface area contributed by atoms with Crippen LogP contribution in [0.15, 0.2) is 42.7 Å². The molecule has 0 radical (unpaired) electrons. The number of H-pyrrole nitrogens is 1. The van der Waals surface area contributed by atoms with Crippen molar-refractivity contribution >= 4 is 34.1 Å². The summed E-state index contributed by atoms with van der Waals surface area (Å²) < 4.78 is 1.95. The van der Waals surface area contributed by atoms with E-state index in [2.05, 4.69) is 22.2 Å². The molecule has 2 N–H and O–H groups in total. The predicted molar refractivity (Wildman–Crippen MR) is 114 cm³/mol. The fourth-order valence-electron chi connectivity index (χ4n) is 3.41. The number of amides is 1. The molecular formula is C22H21ClN4O. The third kappa shape index (κ3) is 3.08. The van der Waals surface area contributed by atoms with E-state index in [1.54, 1.807) is 12.4 Å². The Kier molecular flexibility index (Phi) is 4.47. The Bertz CT molecular complexity index is 1220. The van der Waals surface area contributed by atoms with E-state index in [9.17, 15) is 4.79 Å². The van der Waals surface area contributed by atoms with Crippen LogP contribution in [0.25, 0.3) is 16.6 Å². The summed E-state index contributed by atoms with van der Waals surface area (Å²) in [5.41, 5.74) is 7.13. The van der Waals surface area contributed by atoms with Crippen molar-refractivity contribution < 1.29 is 4.79 Å². The van der Waals surface area contributed by atoms with Gasteiger partial charge in [0, 0.05) is 27.5 Å². The van der Waals surface area contributed by atoms with E-state index >= 15 is 0 Å². The van der Waals surface area contributed by atoms with Crippen molar-refractivity contribution in [3.05, 3.63) is 76.0 Å². The molecule has 2 aromatic heterocycles. The zero-order valence-electron chi connectivity index (χ0n) is 16.2. The summed E-state index contributed by atoms with van der Waals surface area (Å²) in [4.78, 5) is 20.6. The molecule has 4 rings (SSSR count). The van der Waals surface area contributed by atoms with Crippen molar-refractivity contribution in [2.45, 2.75) is 27.7 Å². The van der Waals surface area contributed by atoms with Gasteiger partial charge in [-0.2, -0.15) is 0 Å². The summed E-state index contributed by atoms with van der Waals surface area (Å²) in [5.74, 6) is -0.182. The van der Waals surface area contributed by atoms with Crippen LogP contribution in [0.4, 0.5) is 5.69 Å². The molecule has 142 valence electrons. The molecule has 2 aromatic carbocycles. The third-order valence-electron chi connectivity index (χ3n) is 5.26. The Balaban J connectivity index is 1.71. The van der Waals surface area contributed by atoms with Crippen LogP contribution >= 0.6 is 11.6 Å². The van der Waals surface area contributed by atoms with Gasteiger partial charge in [-0.15, -0.1) is 0 Å². The van der Waals surface area contributed by atoms with Crippen molar-refractivity contribution in [3.63, 3.8) is 0 Å². The Morgan fingerprint density at radius 3 is 2.64 bits per heavy atom. The lowest BCUT2D eigenvalue weighted by Gasteiger charge is -2.11. The molecule has 0 aliphatic carbocycles. The quantitative estimate of drug-likeness (QED) is 0.484. The van der Waals surface area contributed by atoms with Gasteiger partial charge in [0.1, 0.15) is 0 Å². The number of aromatic amines is 1. The number of rotatable bonds is 3.